The van der Waals surface area contributed by atoms with Crippen molar-refractivity contribution in [2.75, 3.05) is 13.1 Å². The third-order valence-electron chi connectivity index (χ3n) is 3.53. The maximum absolute atomic E-state index is 12.8. The molecular weight excluding hydrogens is 307 g/mol. The van der Waals surface area contributed by atoms with E-state index in [1.54, 1.807) is 6.92 Å². The van der Waals surface area contributed by atoms with E-state index in [1.165, 1.54) is 0 Å². The molecule has 1 amide bonds. The average molecular weight is 321 g/mol. The summed E-state index contributed by atoms with van der Waals surface area (Å²) in [5, 5.41) is 12.4. The van der Waals surface area contributed by atoms with Gasteiger partial charge in [0.2, 0.25) is 11.8 Å². The topological polar surface area (TPSA) is 96.5 Å². The molecule has 0 aliphatic carbocycles. The van der Waals surface area contributed by atoms with Crippen LogP contribution in [0.2, 0.25) is 0 Å². The highest BCUT2D eigenvalue weighted by atomic mass is 19.4. The quantitative estimate of drug-likeness (QED) is 0.890. The third kappa shape index (κ3) is 3.55. The first kappa shape index (κ1) is 16.2. The molecule has 22 heavy (non-hydrogen) atoms. The third-order valence-corrected chi connectivity index (χ3v) is 3.53. The van der Waals surface area contributed by atoms with Gasteiger partial charge in [-0.15, -0.1) is 0 Å². The van der Waals surface area contributed by atoms with Crippen molar-refractivity contribution >= 4 is 11.9 Å². The number of amides is 1. The molecule has 1 fully saturated rings. The van der Waals surface area contributed by atoms with E-state index in [2.05, 4.69) is 10.1 Å². The summed E-state index contributed by atoms with van der Waals surface area (Å²) >= 11 is 0. The number of carbonyl (C=O) groups excluding carboxylic acids is 1. The Kier molecular flexibility index (Phi) is 4.38. The number of aryl methyl sites for hydroxylation is 2. The minimum Gasteiger partial charge on any atom is -0.481 e. The lowest BCUT2D eigenvalue weighted by molar-refractivity contribution is -0.188. The van der Waals surface area contributed by atoms with Crippen LogP contribution in [0, 0.1) is 18.8 Å². The summed E-state index contributed by atoms with van der Waals surface area (Å²) in [4.78, 5) is 27.7. The van der Waals surface area contributed by atoms with Crippen molar-refractivity contribution in [1.82, 2.24) is 15.0 Å². The molecule has 0 aromatic carbocycles. The van der Waals surface area contributed by atoms with Crippen molar-refractivity contribution < 1.29 is 32.4 Å². The predicted molar refractivity (Wildman–Crippen MR) is 64.6 cm³/mol. The van der Waals surface area contributed by atoms with Gasteiger partial charge in [0.1, 0.15) is 0 Å². The number of likely N-dealkylation sites (tertiary alicyclic amines) is 1. The number of nitrogens with zero attached hydrogens (tertiary/aromatic N) is 3. The van der Waals surface area contributed by atoms with Crippen LogP contribution in [-0.4, -0.2) is 51.3 Å². The van der Waals surface area contributed by atoms with Gasteiger partial charge < -0.3 is 14.5 Å². The van der Waals surface area contributed by atoms with Crippen LogP contribution in [-0.2, 0) is 16.0 Å². The molecule has 1 saturated heterocycles. The first-order chi connectivity index (χ1) is 10.2. The number of hydrogen-bond donors (Lipinski definition) is 1. The fourth-order valence-electron chi connectivity index (χ4n) is 2.40. The number of rotatable bonds is 4. The molecule has 10 heteroatoms. The first-order valence-corrected chi connectivity index (χ1v) is 6.55. The fourth-order valence-corrected chi connectivity index (χ4v) is 2.40. The molecule has 7 nitrogen and oxygen atoms in total. The van der Waals surface area contributed by atoms with Crippen LogP contribution in [0.4, 0.5) is 13.2 Å². The summed E-state index contributed by atoms with van der Waals surface area (Å²) < 4.78 is 43.3. The minimum atomic E-state index is -4.65. The summed E-state index contributed by atoms with van der Waals surface area (Å²) in [6.07, 6.45) is -4.66. The molecule has 122 valence electrons. The van der Waals surface area contributed by atoms with E-state index in [9.17, 15) is 22.8 Å². The largest absolute Gasteiger partial charge is 0.481 e. The lowest BCUT2D eigenvalue weighted by Gasteiger charge is -2.18. The second kappa shape index (κ2) is 5.93. The number of halogens is 3. The van der Waals surface area contributed by atoms with Gasteiger partial charge in [0, 0.05) is 25.9 Å². The maximum Gasteiger partial charge on any atom is 0.394 e. The van der Waals surface area contributed by atoms with Gasteiger partial charge in [-0.1, -0.05) is 5.16 Å². The van der Waals surface area contributed by atoms with Crippen molar-refractivity contribution in [3.8, 4) is 0 Å². The van der Waals surface area contributed by atoms with Gasteiger partial charge in [-0.05, 0) is 6.92 Å². The zero-order chi connectivity index (χ0) is 16.5. The van der Waals surface area contributed by atoms with E-state index in [0.29, 0.717) is 5.82 Å². The minimum absolute atomic E-state index is 0.102. The summed E-state index contributed by atoms with van der Waals surface area (Å²) in [7, 11) is 0. The van der Waals surface area contributed by atoms with E-state index in [-0.39, 0.29) is 18.7 Å². The Balaban J connectivity index is 1.97. The van der Waals surface area contributed by atoms with Crippen molar-refractivity contribution in [3.63, 3.8) is 0 Å². The Hall–Kier alpha value is -2.13. The SMILES string of the molecule is Cc1noc(CCC(=O)N2C[C@@H](C(F)(F)F)[C@H](C(=O)O)C2)n1. The predicted octanol–water partition coefficient (Wildman–Crippen LogP) is 1.03. The summed E-state index contributed by atoms with van der Waals surface area (Å²) in [6, 6.07) is 0. The van der Waals surface area contributed by atoms with E-state index in [4.69, 9.17) is 9.63 Å². The summed E-state index contributed by atoms with van der Waals surface area (Å²) in [6.45, 7) is 0.518. The zero-order valence-corrected chi connectivity index (χ0v) is 11.6. The lowest BCUT2D eigenvalue weighted by atomic mass is 9.96. The van der Waals surface area contributed by atoms with Gasteiger partial charge in [-0.2, -0.15) is 18.2 Å². The number of aromatic nitrogens is 2. The van der Waals surface area contributed by atoms with Gasteiger partial charge in [0.25, 0.3) is 0 Å². The number of aliphatic carboxylic acids is 1. The van der Waals surface area contributed by atoms with Gasteiger partial charge in [0.15, 0.2) is 5.82 Å². The Morgan fingerprint density at radius 3 is 2.55 bits per heavy atom. The standard InChI is InChI=1S/C12H14F3N3O4/c1-6-16-9(22-17-6)2-3-10(19)18-4-7(11(20)21)8(5-18)12(13,14)15/h7-8H,2-5H2,1H3,(H,20,21)/t7-,8-/m1/s1. The van der Waals surface area contributed by atoms with Gasteiger partial charge >= 0.3 is 12.1 Å². The van der Waals surface area contributed by atoms with Crippen molar-refractivity contribution in [1.29, 1.82) is 0 Å². The second-order valence-electron chi connectivity index (χ2n) is 5.13. The van der Waals surface area contributed by atoms with Gasteiger partial charge in [-0.3, -0.25) is 9.59 Å². The zero-order valence-electron chi connectivity index (χ0n) is 11.6. The maximum atomic E-state index is 12.8. The molecule has 1 aromatic rings. The second-order valence-corrected chi connectivity index (χ2v) is 5.13. The van der Waals surface area contributed by atoms with E-state index in [0.717, 1.165) is 4.90 Å². The lowest BCUT2D eigenvalue weighted by Crippen LogP contribution is -2.34. The monoisotopic (exact) mass is 321 g/mol. The van der Waals surface area contributed by atoms with Crippen molar-refractivity contribution in [3.05, 3.63) is 11.7 Å². The molecule has 1 aliphatic rings. The Labute approximate surface area is 123 Å². The molecule has 1 N–H and O–H groups in total. The van der Waals surface area contributed by atoms with Crippen LogP contribution in [0.5, 0.6) is 0 Å². The molecule has 0 spiro atoms. The van der Waals surface area contributed by atoms with Crippen LogP contribution >= 0.6 is 0 Å². The fraction of sp³-hybridized carbons (Fsp3) is 0.667. The van der Waals surface area contributed by atoms with Crippen LogP contribution in [0.25, 0.3) is 0 Å². The highest BCUT2D eigenvalue weighted by Crippen LogP contribution is 2.37. The highest BCUT2D eigenvalue weighted by molar-refractivity contribution is 5.79. The number of carboxylic acid groups (broad SMARTS) is 1. The summed E-state index contributed by atoms with van der Waals surface area (Å²) in [5.41, 5.74) is 0. The molecule has 0 bridgehead atoms. The van der Waals surface area contributed by atoms with Gasteiger partial charge in [0.05, 0.1) is 11.8 Å². The molecule has 2 rings (SSSR count). The van der Waals surface area contributed by atoms with Crippen LogP contribution in [0.3, 0.4) is 0 Å². The van der Waals surface area contributed by atoms with E-state index < -0.39 is 43.0 Å². The van der Waals surface area contributed by atoms with Crippen molar-refractivity contribution in [2.24, 2.45) is 11.8 Å². The molecule has 0 radical (unpaired) electrons. The Bertz CT molecular complexity index is 572. The molecule has 2 atom stereocenters. The highest BCUT2D eigenvalue weighted by Gasteiger charge is 2.53. The molecular formula is C12H14F3N3O4. The molecule has 0 saturated carbocycles. The Morgan fingerprint density at radius 2 is 2.09 bits per heavy atom. The van der Waals surface area contributed by atoms with Crippen molar-refractivity contribution in [2.45, 2.75) is 25.9 Å². The van der Waals surface area contributed by atoms with Gasteiger partial charge in [-0.25, -0.2) is 0 Å². The Morgan fingerprint density at radius 1 is 1.41 bits per heavy atom. The smallest absolute Gasteiger partial charge is 0.394 e. The molecule has 1 aliphatic heterocycles. The average Bonchev–Trinajstić information content (AvgIpc) is 3.01. The number of hydrogen-bond acceptors (Lipinski definition) is 5. The number of carboxylic acids is 1. The molecule has 0 unspecified atom stereocenters. The van der Waals surface area contributed by atoms with Crippen LogP contribution < -0.4 is 0 Å². The van der Waals surface area contributed by atoms with Crippen LogP contribution in [0.15, 0.2) is 4.52 Å². The normalized spacial score (nSPS) is 22.1. The van der Waals surface area contributed by atoms with E-state index >= 15 is 0 Å². The summed E-state index contributed by atoms with van der Waals surface area (Å²) in [5.74, 6) is -5.17. The molecule has 2 heterocycles. The number of alkyl halides is 3. The van der Waals surface area contributed by atoms with E-state index in [1.807, 2.05) is 0 Å². The number of carbonyl (C=O) groups is 2. The van der Waals surface area contributed by atoms with Crippen LogP contribution in [0.1, 0.15) is 18.1 Å². The molecule has 1 aromatic heterocycles. The first-order valence-electron chi connectivity index (χ1n) is 6.55.